The van der Waals surface area contributed by atoms with E-state index in [0.29, 0.717) is 22.9 Å². The Kier molecular flexibility index (Phi) is 4.84. The van der Waals surface area contributed by atoms with Crippen LogP contribution in [0.2, 0.25) is 0 Å². The molecule has 2 aromatic rings. The van der Waals surface area contributed by atoms with Gasteiger partial charge >= 0.3 is 0 Å². The van der Waals surface area contributed by atoms with Crippen LogP contribution in [0.25, 0.3) is 0 Å². The maximum atomic E-state index is 12.9. The molecule has 1 atom stereocenters. The number of carbonyl (C=O) groups is 2. The van der Waals surface area contributed by atoms with Crippen LogP contribution in [0, 0.1) is 13.8 Å². The molecule has 6 heteroatoms. The number of anilines is 2. The number of amides is 2. The number of carbonyl (C=O) groups excluding carboxylic acids is 2. The molecule has 1 aliphatic heterocycles. The Hall–Kier alpha value is -3.02. The molecule has 0 saturated carbocycles. The monoisotopic (exact) mass is 354 g/mol. The summed E-state index contributed by atoms with van der Waals surface area (Å²) in [7, 11) is 3.12. The molecule has 0 spiro atoms. The van der Waals surface area contributed by atoms with E-state index >= 15 is 0 Å². The van der Waals surface area contributed by atoms with Crippen molar-refractivity contribution in [3.8, 4) is 11.5 Å². The van der Waals surface area contributed by atoms with Gasteiger partial charge in [0.25, 0.3) is 5.91 Å². The Morgan fingerprint density at radius 3 is 2.46 bits per heavy atom. The summed E-state index contributed by atoms with van der Waals surface area (Å²) >= 11 is 0. The highest BCUT2D eigenvalue weighted by Gasteiger charge is 2.40. The number of hydrogen-bond donors (Lipinski definition) is 1. The minimum absolute atomic E-state index is 0.0985. The summed E-state index contributed by atoms with van der Waals surface area (Å²) in [5, 5.41) is 3.13. The van der Waals surface area contributed by atoms with Crippen molar-refractivity contribution >= 4 is 23.2 Å². The highest BCUT2D eigenvalue weighted by molar-refractivity contribution is 6.23. The van der Waals surface area contributed by atoms with Gasteiger partial charge in [-0.05, 0) is 37.6 Å². The van der Waals surface area contributed by atoms with Gasteiger partial charge < -0.3 is 14.8 Å². The highest BCUT2D eigenvalue weighted by atomic mass is 16.5. The zero-order valence-corrected chi connectivity index (χ0v) is 15.3. The van der Waals surface area contributed by atoms with E-state index in [2.05, 4.69) is 5.32 Å². The average Bonchev–Trinajstić information content (AvgIpc) is 2.89. The van der Waals surface area contributed by atoms with Gasteiger partial charge in [-0.3, -0.25) is 9.59 Å². The van der Waals surface area contributed by atoms with Crippen LogP contribution in [0.5, 0.6) is 11.5 Å². The minimum Gasteiger partial charge on any atom is -0.497 e. The third-order valence-electron chi connectivity index (χ3n) is 4.48. The molecule has 1 aliphatic rings. The molecule has 1 fully saturated rings. The molecule has 136 valence electrons. The van der Waals surface area contributed by atoms with Gasteiger partial charge in [0.05, 0.1) is 32.0 Å². The van der Waals surface area contributed by atoms with Crippen LogP contribution >= 0.6 is 0 Å². The van der Waals surface area contributed by atoms with E-state index in [9.17, 15) is 9.59 Å². The van der Waals surface area contributed by atoms with Gasteiger partial charge in [-0.25, -0.2) is 4.90 Å². The van der Waals surface area contributed by atoms with Gasteiger partial charge in [0.2, 0.25) is 5.91 Å². The molecule has 1 unspecified atom stereocenters. The molecular weight excluding hydrogens is 332 g/mol. The van der Waals surface area contributed by atoms with E-state index in [1.54, 1.807) is 32.4 Å². The van der Waals surface area contributed by atoms with Crippen molar-refractivity contribution in [2.75, 3.05) is 24.4 Å². The van der Waals surface area contributed by atoms with Crippen LogP contribution in [0.15, 0.2) is 36.4 Å². The Balaban J connectivity index is 1.85. The van der Waals surface area contributed by atoms with Crippen molar-refractivity contribution in [3.63, 3.8) is 0 Å². The van der Waals surface area contributed by atoms with E-state index in [-0.39, 0.29) is 18.2 Å². The first-order valence-corrected chi connectivity index (χ1v) is 8.37. The lowest BCUT2D eigenvalue weighted by Crippen LogP contribution is -2.35. The zero-order chi connectivity index (χ0) is 18.8. The number of benzene rings is 2. The number of hydrogen-bond acceptors (Lipinski definition) is 5. The Labute approximate surface area is 152 Å². The molecule has 0 aromatic heterocycles. The molecular formula is C20H22N2O4. The van der Waals surface area contributed by atoms with Crippen molar-refractivity contribution in [3.05, 3.63) is 47.5 Å². The lowest BCUT2D eigenvalue weighted by molar-refractivity contribution is -0.121. The first-order chi connectivity index (χ1) is 12.4. The number of nitrogens with one attached hydrogen (secondary N) is 1. The summed E-state index contributed by atoms with van der Waals surface area (Å²) in [5.41, 5.74) is 3.26. The third-order valence-corrected chi connectivity index (χ3v) is 4.48. The van der Waals surface area contributed by atoms with Crippen LogP contribution in [0.3, 0.4) is 0 Å². The normalized spacial score (nSPS) is 16.8. The quantitative estimate of drug-likeness (QED) is 0.836. The van der Waals surface area contributed by atoms with Gasteiger partial charge in [-0.1, -0.05) is 17.7 Å². The molecule has 0 bridgehead atoms. The fourth-order valence-electron chi connectivity index (χ4n) is 3.16. The Bertz CT molecular complexity index is 863. The second-order valence-corrected chi connectivity index (χ2v) is 6.32. The van der Waals surface area contributed by atoms with E-state index in [0.717, 1.165) is 11.1 Å². The molecule has 26 heavy (non-hydrogen) atoms. The topological polar surface area (TPSA) is 67.9 Å². The molecule has 3 rings (SSSR count). The fourth-order valence-corrected chi connectivity index (χ4v) is 3.16. The summed E-state index contributed by atoms with van der Waals surface area (Å²) in [6.07, 6.45) is 0.0985. The molecule has 1 saturated heterocycles. The van der Waals surface area contributed by atoms with Crippen LogP contribution < -0.4 is 19.7 Å². The smallest absolute Gasteiger partial charge is 0.256 e. The largest absolute Gasteiger partial charge is 0.497 e. The Morgan fingerprint density at radius 2 is 1.81 bits per heavy atom. The van der Waals surface area contributed by atoms with E-state index in [1.165, 1.54) is 4.90 Å². The minimum atomic E-state index is -0.634. The molecule has 0 radical (unpaired) electrons. The van der Waals surface area contributed by atoms with Gasteiger partial charge in [-0.15, -0.1) is 0 Å². The maximum absolute atomic E-state index is 12.9. The number of rotatable bonds is 5. The molecule has 0 aliphatic carbocycles. The van der Waals surface area contributed by atoms with Gasteiger partial charge in [0, 0.05) is 6.07 Å². The second-order valence-electron chi connectivity index (χ2n) is 6.32. The van der Waals surface area contributed by atoms with Crippen molar-refractivity contribution in [2.45, 2.75) is 26.3 Å². The van der Waals surface area contributed by atoms with E-state index in [4.69, 9.17) is 9.47 Å². The number of aryl methyl sites for hydroxylation is 2. The average molecular weight is 354 g/mol. The van der Waals surface area contributed by atoms with Crippen LogP contribution in [0.4, 0.5) is 11.4 Å². The molecule has 6 nitrogen and oxygen atoms in total. The molecule has 1 N–H and O–H groups in total. The van der Waals surface area contributed by atoms with Crippen LogP contribution in [0.1, 0.15) is 17.5 Å². The number of ether oxygens (including phenoxy) is 2. The molecule has 2 aromatic carbocycles. The highest BCUT2D eigenvalue weighted by Crippen LogP contribution is 2.33. The first kappa shape index (κ1) is 17.8. The molecule has 1 heterocycles. The first-order valence-electron chi connectivity index (χ1n) is 8.37. The van der Waals surface area contributed by atoms with Crippen molar-refractivity contribution in [2.24, 2.45) is 0 Å². The van der Waals surface area contributed by atoms with Crippen molar-refractivity contribution in [1.29, 1.82) is 0 Å². The summed E-state index contributed by atoms with van der Waals surface area (Å²) in [6, 6.07) is 10.3. The number of imide groups is 1. The van der Waals surface area contributed by atoms with Crippen molar-refractivity contribution < 1.29 is 19.1 Å². The van der Waals surface area contributed by atoms with Gasteiger partial charge in [0.1, 0.15) is 17.5 Å². The summed E-state index contributed by atoms with van der Waals surface area (Å²) in [6.45, 7) is 3.88. The fraction of sp³-hybridized carbons (Fsp3) is 0.300. The number of methoxy groups -OCH3 is 2. The predicted molar refractivity (Wildman–Crippen MR) is 100.0 cm³/mol. The Morgan fingerprint density at radius 1 is 1.04 bits per heavy atom. The summed E-state index contributed by atoms with van der Waals surface area (Å²) in [4.78, 5) is 26.6. The van der Waals surface area contributed by atoms with Crippen LogP contribution in [-0.4, -0.2) is 32.1 Å². The van der Waals surface area contributed by atoms with Crippen LogP contribution in [-0.2, 0) is 9.59 Å². The predicted octanol–water partition coefficient (Wildman–Crippen LogP) is 3.06. The standard InChI is InChI=1S/C20H22N2O4/c1-12-5-8-17(13(2)9-12)22-19(23)11-16(20(22)24)21-15-7-6-14(25-3)10-18(15)26-4/h5-10,16,21H,11H2,1-4H3. The maximum Gasteiger partial charge on any atom is 0.256 e. The second kappa shape index (κ2) is 7.07. The zero-order valence-electron chi connectivity index (χ0n) is 15.3. The SMILES string of the molecule is COc1ccc(NC2CC(=O)N(c3ccc(C)cc3C)C2=O)c(OC)c1. The van der Waals surface area contributed by atoms with Crippen molar-refractivity contribution in [1.82, 2.24) is 0 Å². The van der Waals surface area contributed by atoms with Gasteiger partial charge in [0.15, 0.2) is 0 Å². The van der Waals surface area contributed by atoms with Gasteiger partial charge in [-0.2, -0.15) is 0 Å². The lowest BCUT2D eigenvalue weighted by atomic mass is 10.1. The number of nitrogens with zero attached hydrogens (tertiary/aromatic N) is 1. The summed E-state index contributed by atoms with van der Waals surface area (Å²) < 4.78 is 10.5. The van der Waals surface area contributed by atoms with E-state index < -0.39 is 6.04 Å². The molecule has 2 amide bonds. The van der Waals surface area contributed by atoms with E-state index in [1.807, 2.05) is 32.0 Å². The lowest BCUT2D eigenvalue weighted by Gasteiger charge is -2.19. The summed E-state index contributed by atoms with van der Waals surface area (Å²) in [5.74, 6) is 0.722. The third kappa shape index (κ3) is 3.22.